The zero-order valence-electron chi connectivity index (χ0n) is 13.2. The summed E-state index contributed by atoms with van der Waals surface area (Å²) in [6.07, 6.45) is 0. The molecule has 0 unspecified atom stereocenters. The van der Waals surface area contributed by atoms with Crippen LogP contribution in [0.25, 0.3) is 11.5 Å². The predicted molar refractivity (Wildman–Crippen MR) is 91.6 cm³/mol. The monoisotopic (exact) mass is 345 g/mol. The molecule has 124 valence electrons. The second kappa shape index (κ2) is 7.23. The van der Waals surface area contributed by atoms with Crippen LogP contribution in [0.2, 0.25) is 5.02 Å². The van der Waals surface area contributed by atoms with E-state index in [1.807, 2.05) is 24.3 Å². The van der Waals surface area contributed by atoms with E-state index >= 15 is 0 Å². The van der Waals surface area contributed by atoms with E-state index in [4.69, 9.17) is 25.5 Å². The van der Waals surface area contributed by atoms with Crippen LogP contribution in [0.3, 0.4) is 0 Å². The Balaban J connectivity index is 1.74. The zero-order valence-corrected chi connectivity index (χ0v) is 14.0. The van der Waals surface area contributed by atoms with Crippen molar-refractivity contribution >= 4 is 17.6 Å². The summed E-state index contributed by atoms with van der Waals surface area (Å²) in [6.45, 7) is 0.556. The number of nitrogens with zero attached hydrogens (tertiary/aromatic N) is 2. The minimum Gasteiger partial charge on any atom is -0.497 e. The lowest BCUT2D eigenvalue weighted by atomic mass is 10.2. The number of benzene rings is 2. The Morgan fingerprint density at radius 2 is 1.67 bits per heavy atom. The molecule has 0 aliphatic heterocycles. The number of methoxy groups -OCH3 is 2. The zero-order chi connectivity index (χ0) is 16.9. The first-order valence-electron chi connectivity index (χ1n) is 7.23. The van der Waals surface area contributed by atoms with Gasteiger partial charge in [-0.3, -0.25) is 0 Å². The summed E-state index contributed by atoms with van der Waals surface area (Å²) in [5, 5.41) is 11.8. The first kappa shape index (κ1) is 16.1. The van der Waals surface area contributed by atoms with E-state index in [0.717, 1.165) is 11.1 Å². The van der Waals surface area contributed by atoms with Crippen LogP contribution in [-0.4, -0.2) is 24.4 Å². The molecule has 3 rings (SSSR count). The molecule has 7 heteroatoms. The van der Waals surface area contributed by atoms with Crippen molar-refractivity contribution in [2.75, 3.05) is 19.5 Å². The largest absolute Gasteiger partial charge is 0.497 e. The maximum Gasteiger partial charge on any atom is 0.316 e. The molecule has 0 amide bonds. The number of ether oxygens (including phenoxy) is 2. The van der Waals surface area contributed by atoms with Gasteiger partial charge in [-0.2, -0.15) is 0 Å². The molecule has 0 bridgehead atoms. The van der Waals surface area contributed by atoms with Crippen LogP contribution in [0.15, 0.2) is 46.9 Å². The summed E-state index contributed by atoms with van der Waals surface area (Å²) in [5.41, 5.74) is 1.78. The molecular formula is C17H16ClN3O3. The Hall–Kier alpha value is -2.73. The van der Waals surface area contributed by atoms with Crippen molar-refractivity contribution in [2.24, 2.45) is 0 Å². The van der Waals surface area contributed by atoms with Gasteiger partial charge in [0.05, 0.1) is 14.2 Å². The van der Waals surface area contributed by atoms with E-state index in [1.54, 1.807) is 32.4 Å². The highest BCUT2D eigenvalue weighted by molar-refractivity contribution is 6.30. The van der Waals surface area contributed by atoms with Gasteiger partial charge in [0.1, 0.15) is 11.5 Å². The quantitative estimate of drug-likeness (QED) is 0.727. The summed E-state index contributed by atoms with van der Waals surface area (Å²) >= 11 is 5.87. The van der Waals surface area contributed by atoms with E-state index in [9.17, 15) is 0 Å². The van der Waals surface area contributed by atoms with E-state index in [2.05, 4.69) is 15.5 Å². The molecule has 0 saturated carbocycles. The molecule has 0 saturated heterocycles. The van der Waals surface area contributed by atoms with Gasteiger partial charge in [0.15, 0.2) is 0 Å². The molecular weight excluding hydrogens is 330 g/mol. The molecule has 0 aliphatic rings. The summed E-state index contributed by atoms with van der Waals surface area (Å²) in [7, 11) is 3.18. The molecule has 0 atom stereocenters. The topological polar surface area (TPSA) is 69.4 Å². The first-order chi connectivity index (χ1) is 11.7. The van der Waals surface area contributed by atoms with Crippen molar-refractivity contribution in [1.29, 1.82) is 0 Å². The van der Waals surface area contributed by atoms with Gasteiger partial charge in [0.25, 0.3) is 0 Å². The van der Waals surface area contributed by atoms with Crippen LogP contribution in [0.4, 0.5) is 6.01 Å². The van der Waals surface area contributed by atoms with Crippen molar-refractivity contribution in [3.05, 3.63) is 53.1 Å². The third-order valence-electron chi connectivity index (χ3n) is 3.38. The molecule has 2 aromatic carbocycles. The Kier molecular flexibility index (Phi) is 4.86. The van der Waals surface area contributed by atoms with E-state index in [-0.39, 0.29) is 0 Å². The molecule has 3 aromatic rings. The summed E-state index contributed by atoms with van der Waals surface area (Å²) in [6, 6.07) is 13.2. The van der Waals surface area contributed by atoms with E-state index < -0.39 is 0 Å². The minimum absolute atomic E-state index is 0.335. The minimum atomic E-state index is 0.335. The molecule has 0 fully saturated rings. The molecule has 6 nitrogen and oxygen atoms in total. The van der Waals surface area contributed by atoms with Gasteiger partial charge < -0.3 is 19.2 Å². The van der Waals surface area contributed by atoms with Gasteiger partial charge in [-0.05, 0) is 29.8 Å². The summed E-state index contributed by atoms with van der Waals surface area (Å²) < 4.78 is 16.1. The van der Waals surface area contributed by atoms with E-state index in [1.165, 1.54) is 0 Å². The summed E-state index contributed by atoms with van der Waals surface area (Å²) in [4.78, 5) is 0. The fraction of sp³-hybridized carbons (Fsp3) is 0.176. The van der Waals surface area contributed by atoms with Crippen molar-refractivity contribution < 1.29 is 13.9 Å². The normalized spacial score (nSPS) is 10.5. The third kappa shape index (κ3) is 3.78. The highest BCUT2D eigenvalue weighted by Gasteiger charge is 2.11. The second-order valence-corrected chi connectivity index (χ2v) is 5.43. The standard InChI is InChI=1S/C17H16ClN3O3/c1-22-14-7-12(8-15(9-14)23-2)16-20-21-17(24-16)19-10-11-3-5-13(18)6-4-11/h3-9H,10H2,1-2H3,(H,19,21). The van der Waals surface area contributed by atoms with Crippen LogP contribution in [0.1, 0.15) is 5.56 Å². The number of rotatable bonds is 6. The fourth-order valence-corrected chi connectivity index (χ4v) is 2.25. The van der Waals surface area contributed by atoms with Crippen LogP contribution < -0.4 is 14.8 Å². The van der Waals surface area contributed by atoms with Crippen molar-refractivity contribution in [2.45, 2.75) is 6.54 Å². The average molecular weight is 346 g/mol. The van der Waals surface area contributed by atoms with Crippen LogP contribution in [0.5, 0.6) is 11.5 Å². The number of hydrogen-bond donors (Lipinski definition) is 1. The lowest BCUT2D eigenvalue weighted by Crippen LogP contribution is -1.99. The van der Waals surface area contributed by atoms with Crippen LogP contribution in [0, 0.1) is 0 Å². The second-order valence-electron chi connectivity index (χ2n) is 4.99. The molecule has 0 aliphatic carbocycles. The fourth-order valence-electron chi connectivity index (χ4n) is 2.12. The maximum atomic E-state index is 5.87. The number of hydrogen-bond acceptors (Lipinski definition) is 6. The predicted octanol–water partition coefficient (Wildman–Crippen LogP) is 4.02. The van der Waals surface area contributed by atoms with Gasteiger partial charge in [0, 0.05) is 23.2 Å². The molecule has 1 heterocycles. The van der Waals surface area contributed by atoms with Gasteiger partial charge in [-0.1, -0.05) is 28.8 Å². The van der Waals surface area contributed by atoms with Crippen LogP contribution in [-0.2, 0) is 6.54 Å². The highest BCUT2D eigenvalue weighted by atomic mass is 35.5. The van der Waals surface area contributed by atoms with Gasteiger partial charge in [-0.25, -0.2) is 0 Å². The first-order valence-corrected chi connectivity index (χ1v) is 7.61. The Labute approximate surface area is 144 Å². The lowest BCUT2D eigenvalue weighted by Gasteiger charge is -2.05. The van der Waals surface area contributed by atoms with Gasteiger partial charge in [-0.15, -0.1) is 5.10 Å². The Bertz CT molecular complexity index is 796. The summed E-state index contributed by atoms with van der Waals surface area (Å²) in [5.74, 6) is 1.68. The third-order valence-corrected chi connectivity index (χ3v) is 3.63. The SMILES string of the molecule is COc1cc(OC)cc(-c2nnc(NCc3ccc(Cl)cc3)o2)c1. The maximum absolute atomic E-state index is 5.87. The number of nitrogens with one attached hydrogen (secondary N) is 1. The van der Waals surface area contributed by atoms with Crippen molar-refractivity contribution in [3.8, 4) is 23.0 Å². The number of halogens is 1. The smallest absolute Gasteiger partial charge is 0.316 e. The molecule has 24 heavy (non-hydrogen) atoms. The van der Waals surface area contributed by atoms with Crippen molar-refractivity contribution in [1.82, 2.24) is 10.2 Å². The lowest BCUT2D eigenvalue weighted by molar-refractivity contribution is 0.394. The van der Waals surface area contributed by atoms with Crippen molar-refractivity contribution in [3.63, 3.8) is 0 Å². The van der Waals surface area contributed by atoms with Gasteiger partial charge in [0.2, 0.25) is 5.89 Å². The Morgan fingerprint density at radius 3 is 2.29 bits per heavy atom. The molecule has 0 spiro atoms. The number of anilines is 1. The molecule has 1 aromatic heterocycles. The molecule has 1 N–H and O–H groups in total. The molecule has 0 radical (unpaired) electrons. The highest BCUT2D eigenvalue weighted by Crippen LogP contribution is 2.29. The average Bonchev–Trinajstić information content (AvgIpc) is 3.10. The van der Waals surface area contributed by atoms with Crippen LogP contribution >= 0.6 is 11.6 Å². The van der Waals surface area contributed by atoms with Gasteiger partial charge >= 0.3 is 6.01 Å². The Morgan fingerprint density at radius 1 is 1.00 bits per heavy atom. The van der Waals surface area contributed by atoms with E-state index in [0.29, 0.717) is 35.0 Å². The number of aromatic nitrogens is 2.